The van der Waals surface area contributed by atoms with Gasteiger partial charge in [0.05, 0.1) is 5.02 Å². The van der Waals surface area contributed by atoms with Gasteiger partial charge in [0, 0.05) is 31.9 Å². The molecule has 0 aliphatic carbocycles. The molecule has 0 radical (unpaired) electrons. The molecule has 4 nitrogen and oxygen atoms in total. The lowest BCUT2D eigenvalue weighted by molar-refractivity contribution is 0.315. The molecule has 5 heteroatoms. The summed E-state index contributed by atoms with van der Waals surface area (Å²) in [6.45, 7) is 8.28. The Bertz CT molecular complexity index is 462. The van der Waals surface area contributed by atoms with E-state index in [0.29, 0.717) is 12.0 Å². The van der Waals surface area contributed by atoms with Crippen LogP contribution in [0, 0.1) is 5.92 Å². The van der Waals surface area contributed by atoms with Crippen molar-refractivity contribution in [2.24, 2.45) is 5.92 Å². The molecule has 0 spiro atoms. The maximum Gasteiger partial charge on any atom is 0.147 e. The van der Waals surface area contributed by atoms with E-state index >= 15 is 0 Å². The molecule has 1 aromatic rings. The van der Waals surface area contributed by atoms with Crippen LogP contribution in [0.4, 0.5) is 5.82 Å². The summed E-state index contributed by atoms with van der Waals surface area (Å²) in [6.07, 6.45) is 3.11. The average molecular weight is 311 g/mol. The lowest BCUT2D eigenvalue weighted by atomic mass is 10.2. The van der Waals surface area contributed by atoms with Gasteiger partial charge in [0.25, 0.3) is 0 Å². The second-order valence-corrected chi connectivity index (χ2v) is 6.93. The minimum Gasteiger partial charge on any atom is -0.354 e. The highest BCUT2D eigenvalue weighted by Gasteiger charge is 2.26. The van der Waals surface area contributed by atoms with Gasteiger partial charge in [0.2, 0.25) is 0 Å². The predicted octanol–water partition coefficient (Wildman–Crippen LogP) is 2.62. The largest absolute Gasteiger partial charge is 0.354 e. The lowest BCUT2D eigenvalue weighted by Gasteiger charge is -2.22. The first kappa shape index (κ1) is 16.5. The summed E-state index contributed by atoms with van der Waals surface area (Å²) in [7, 11) is 4.26. The molecule has 1 aromatic heterocycles. The average Bonchev–Trinajstić information content (AvgIpc) is 2.88. The van der Waals surface area contributed by atoms with Gasteiger partial charge in [-0.25, -0.2) is 4.98 Å². The van der Waals surface area contributed by atoms with Crippen LogP contribution in [-0.2, 0) is 6.54 Å². The topological polar surface area (TPSA) is 31.4 Å². The number of rotatable bonds is 6. The zero-order chi connectivity index (χ0) is 15.4. The number of pyridine rings is 1. The molecule has 1 aliphatic rings. The van der Waals surface area contributed by atoms with Gasteiger partial charge in [0.1, 0.15) is 5.82 Å². The van der Waals surface area contributed by atoms with Crippen LogP contribution in [0.5, 0.6) is 0 Å². The molecule has 1 atom stereocenters. The first-order valence-corrected chi connectivity index (χ1v) is 8.11. The molecule has 1 saturated heterocycles. The smallest absolute Gasteiger partial charge is 0.147 e. The molecule has 1 fully saturated rings. The highest BCUT2D eigenvalue weighted by atomic mass is 35.5. The van der Waals surface area contributed by atoms with E-state index < -0.39 is 0 Å². The Morgan fingerprint density at radius 3 is 2.81 bits per heavy atom. The van der Waals surface area contributed by atoms with Crippen LogP contribution in [0.3, 0.4) is 0 Å². The van der Waals surface area contributed by atoms with Crippen LogP contribution in [0.2, 0.25) is 5.02 Å². The van der Waals surface area contributed by atoms with Crippen LogP contribution in [0.15, 0.2) is 12.3 Å². The summed E-state index contributed by atoms with van der Waals surface area (Å²) < 4.78 is 0. The number of nitrogens with zero attached hydrogens (tertiary/aromatic N) is 3. The van der Waals surface area contributed by atoms with Crippen LogP contribution in [0.1, 0.15) is 25.8 Å². The van der Waals surface area contributed by atoms with Crippen molar-refractivity contribution < 1.29 is 0 Å². The van der Waals surface area contributed by atoms with Gasteiger partial charge in [-0.05, 0) is 44.6 Å². The number of hydrogen-bond donors (Lipinski definition) is 1. The van der Waals surface area contributed by atoms with Crippen molar-refractivity contribution in [2.45, 2.75) is 32.9 Å². The van der Waals surface area contributed by atoms with E-state index in [9.17, 15) is 0 Å². The van der Waals surface area contributed by atoms with Crippen molar-refractivity contribution in [3.8, 4) is 0 Å². The molecule has 0 aromatic carbocycles. The Morgan fingerprint density at radius 2 is 2.24 bits per heavy atom. The molecule has 2 rings (SSSR count). The van der Waals surface area contributed by atoms with Crippen molar-refractivity contribution in [2.75, 3.05) is 38.6 Å². The maximum absolute atomic E-state index is 6.43. The maximum atomic E-state index is 6.43. The number of halogens is 1. The van der Waals surface area contributed by atoms with E-state index in [0.717, 1.165) is 42.6 Å². The minimum absolute atomic E-state index is 0.593. The van der Waals surface area contributed by atoms with Crippen molar-refractivity contribution in [3.05, 3.63) is 22.8 Å². The first-order valence-electron chi connectivity index (χ1n) is 7.74. The summed E-state index contributed by atoms with van der Waals surface area (Å²) in [5.74, 6) is 1.58. The zero-order valence-electron chi connectivity index (χ0n) is 13.6. The van der Waals surface area contributed by atoms with E-state index in [1.807, 2.05) is 12.3 Å². The summed E-state index contributed by atoms with van der Waals surface area (Å²) in [5.41, 5.74) is 1.15. The van der Waals surface area contributed by atoms with Gasteiger partial charge in [-0.2, -0.15) is 0 Å². The van der Waals surface area contributed by atoms with E-state index in [-0.39, 0.29) is 0 Å². The normalized spacial score (nSPS) is 19.0. The number of aromatic nitrogens is 1. The Balaban J connectivity index is 1.96. The fourth-order valence-electron chi connectivity index (χ4n) is 2.66. The zero-order valence-corrected chi connectivity index (χ0v) is 14.3. The standard InChI is InChI=1S/C16H27ClN4/c1-12(2)8-18-9-13-7-15(17)16(19-10-13)21-6-5-14(11-21)20(3)4/h7,10,12,14,18H,5-6,8-9,11H2,1-4H3. The second-order valence-electron chi connectivity index (χ2n) is 6.53. The van der Waals surface area contributed by atoms with Crippen molar-refractivity contribution in [1.82, 2.24) is 15.2 Å². The third-order valence-electron chi connectivity index (χ3n) is 3.95. The number of hydrogen-bond acceptors (Lipinski definition) is 4. The molecular formula is C16H27ClN4. The highest BCUT2D eigenvalue weighted by Crippen LogP contribution is 2.28. The summed E-state index contributed by atoms with van der Waals surface area (Å²) >= 11 is 6.43. The fourth-order valence-corrected chi connectivity index (χ4v) is 2.97. The SMILES string of the molecule is CC(C)CNCc1cnc(N2CCC(N(C)C)C2)c(Cl)c1. The number of likely N-dealkylation sites (N-methyl/N-ethyl adjacent to an activating group) is 1. The van der Waals surface area contributed by atoms with Gasteiger partial charge in [-0.15, -0.1) is 0 Å². The van der Waals surface area contributed by atoms with Crippen molar-refractivity contribution in [3.63, 3.8) is 0 Å². The van der Waals surface area contributed by atoms with Crippen LogP contribution in [0.25, 0.3) is 0 Å². The van der Waals surface area contributed by atoms with Crippen molar-refractivity contribution >= 4 is 17.4 Å². The van der Waals surface area contributed by atoms with Crippen molar-refractivity contribution in [1.29, 1.82) is 0 Å². The van der Waals surface area contributed by atoms with Gasteiger partial charge in [0.15, 0.2) is 0 Å². The number of anilines is 1. The molecule has 0 amide bonds. The molecule has 1 aliphatic heterocycles. The van der Waals surface area contributed by atoms with Crippen LogP contribution < -0.4 is 10.2 Å². The molecule has 21 heavy (non-hydrogen) atoms. The molecule has 2 heterocycles. The van der Waals surface area contributed by atoms with E-state index in [1.165, 1.54) is 6.42 Å². The highest BCUT2D eigenvalue weighted by molar-refractivity contribution is 6.33. The van der Waals surface area contributed by atoms with Gasteiger partial charge in [-0.3, -0.25) is 0 Å². The predicted molar refractivity (Wildman–Crippen MR) is 90.1 cm³/mol. The summed E-state index contributed by atoms with van der Waals surface area (Å²) in [4.78, 5) is 9.15. The van der Waals surface area contributed by atoms with Gasteiger partial charge >= 0.3 is 0 Å². The van der Waals surface area contributed by atoms with Crippen LogP contribution >= 0.6 is 11.6 Å². The van der Waals surface area contributed by atoms with E-state index in [2.05, 4.69) is 48.0 Å². The number of nitrogens with one attached hydrogen (secondary N) is 1. The third kappa shape index (κ3) is 4.56. The Kier molecular flexibility index (Phi) is 5.85. The summed E-state index contributed by atoms with van der Waals surface area (Å²) in [6, 6.07) is 2.63. The quantitative estimate of drug-likeness (QED) is 0.875. The van der Waals surface area contributed by atoms with Gasteiger partial charge in [-0.1, -0.05) is 25.4 Å². The Labute approximate surface area is 133 Å². The van der Waals surface area contributed by atoms with E-state index in [1.54, 1.807) is 0 Å². The molecule has 0 bridgehead atoms. The third-order valence-corrected chi connectivity index (χ3v) is 4.23. The monoisotopic (exact) mass is 310 g/mol. The van der Waals surface area contributed by atoms with Crippen LogP contribution in [-0.4, -0.2) is 49.7 Å². The summed E-state index contributed by atoms with van der Waals surface area (Å²) in [5, 5.41) is 4.18. The minimum atomic E-state index is 0.593. The van der Waals surface area contributed by atoms with E-state index in [4.69, 9.17) is 11.6 Å². The Hall–Kier alpha value is -0.840. The molecular weight excluding hydrogens is 284 g/mol. The first-order chi connectivity index (χ1) is 9.97. The Morgan fingerprint density at radius 1 is 1.48 bits per heavy atom. The molecule has 118 valence electrons. The second kappa shape index (κ2) is 7.43. The van der Waals surface area contributed by atoms with Gasteiger partial charge < -0.3 is 15.1 Å². The molecule has 0 saturated carbocycles. The molecule has 1 N–H and O–H groups in total. The molecule has 1 unspecified atom stereocenters. The fraction of sp³-hybridized carbons (Fsp3) is 0.688. The lowest BCUT2D eigenvalue weighted by Crippen LogP contribution is -2.31.